The van der Waals surface area contributed by atoms with Gasteiger partial charge in [-0.05, 0) is 6.07 Å². The van der Waals surface area contributed by atoms with Gasteiger partial charge in [0.15, 0.2) is 11.6 Å². The summed E-state index contributed by atoms with van der Waals surface area (Å²) >= 11 is 0. The van der Waals surface area contributed by atoms with E-state index < -0.39 is 11.6 Å². The number of fused-ring (bicyclic) bond motifs is 2. The Hall–Kier alpha value is -3.03. The number of nitrogens with zero attached hydrogens (tertiary/aromatic N) is 3. The fourth-order valence-electron chi connectivity index (χ4n) is 2.37. The first-order valence-electron chi connectivity index (χ1n) is 6.06. The second-order valence-corrected chi connectivity index (χ2v) is 4.57. The van der Waals surface area contributed by atoms with Crippen molar-refractivity contribution in [3.05, 3.63) is 36.3 Å². The Kier molecular flexibility index (Phi) is 2.23. The topological polar surface area (TPSA) is 96.3 Å². The summed E-state index contributed by atoms with van der Waals surface area (Å²) in [6.45, 7) is 0. The third-order valence-electron chi connectivity index (χ3n) is 3.32. The molecule has 0 radical (unpaired) electrons. The zero-order chi connectivity index (χ0) is 14.6. The number of anilines is 1. The fourth-order valence-corrected chi connectivity index (χ4v) is 2.37. The predicted octanol–water partition coefficient (Wildman–Crippen LogP) is 2.36. The van der Waals surface area contributed by atoms with Gasteiger partial charge in [0.2, 0.25) is 0 Å². The van der Waals surface area contributed by atoms with Crippen molar-refractivity contribution in [2.45, 2.75) is 0 Å². The Labute approximate surface area is 116 Å². The molecule has 4 N–H and O–H groups in total. The van der Waals surface area contributed by atoms with Crippen LogP contribution in [0.25, 0.3) is 33.2 Å². The number of aromatic nitrogens is 5. The van der Waals surface area contributed by atoms with Gasteiger partial charge in [-0.15, -0.1) is 0 Å². The summed E-state index contributed by atoms with van der Waals surface area (Å²) in [5, 5.41) is 7.36. The van der Waals surface area contributed by atoms with Crippen LogP contribution in [0.3, 0.4) is 0 Å². The van der Waals surface area contributed by atoms with Crippen molar-refractivity contribution in [2.75, 3.05) is 5.73 Å². The third kappa shape index (κ3) is 1.59. The van der Waals surface area contributed by atoms with Crippen molar-refractivity contribution in [3.8, 4) is 11.3 Å². The quantitative estimate of drug-likeness (QED) is 0.500. The highest BCUT2D eigenvalue weighted by molar-refractivity contribution is 6.02. The lowest BCUT2D eigenvalue weighted by Crippen LogP contribution is -1.98. The van der Waals surface area contributed by atoms with E-state index in [4.69, 9.17) is 5.73 Å². The van der Waals surface area contributed by atoms with E-state index in [-0.39, 0.29) is 11.3 Å². The lowest BCUT2D eigenvalue weighted by atomic mass is 10.1. The molecule has 4 aromatic heterocycles. The highest BCUT2D eigenvalue weighted by Crippen LogP contribution is 2.33. The summed E-state index contributed by atoms with van der Waals surface area (Å²) in [7, 11) is 0. The molecule has 0 aliphatic rings. The van der Waals surface area contributed by atoms with Gasteiger partial charge in [-0.25, -0.2) is 18.7 Å². The molecule has 4 heterocycles. The van der Waals surface area contributed by atoms with Crippen LogP contribution in [-0.2, 0) is 0 Å². The number of aromatic amines is 2. The summed E-state index contributed by atoms with van der Waals surface area (Å²) in [6.07, 6.45) is 4.19. The standard InChI is InChI=1S/C13H8F2N6/c14-5-1-6-7(3-18-13(6)17-2-5)10-8-4-19-21-11(8)9(15)12(16)20-10/h1-4H,(H2,16,20)(H,17,18)(H,19,21). The molecule has 0 atom stereocenters. The summed E-state index contributed by atoms with van der Waals surface area (Å²) in [5.41, 5.74) is 7.25. The number of rotatable bonds is 1. The second kappa shape index (κ2) is 3.98. The monoisotopic (exact) mass is 286 g/mol. The van der Waals surface area contributed by atoms with Crippen molar-refractivity contribution in [1.82, 2.24) is 25.1 Å². The van der Waals surface area contributed by atoms with E-state index in [2.05, 4.69) is 25.1 Å². The summed E-state index contributed by atoms with van der Waals surface area (Å²) < 4.78 is 27.3. The van der Waals surface area contributed by atoms with Gasteiger partial charge < -0.3 is 10.7 Å². The molecule has 4 rings (SSSR count). The predicted molar refractivity (Wildman–Crippen MR) is 73.3 cm³/mol. The number of pyridine rings is 2. The molecule has 0 bridgehead atoms. The van der Waals surface area contributed by atoms with Gasteiger partial charge in [0, 0.05) is 22.5 Å². The van der Waals surface area contributed by atoms with Crippen LogP contribution in [0.1, 0.15) is 0 Å². The summed E-state index contributed by atoms with van der Waals surface area (Å²) in [5.74, 6) is -1.38. The molecule has 0 fully saturated rings. The highest BCUT2D eigenvalue weighted by atomic mass is 19.1. The Morgan fingerprint density at radius 2 is 2.00 bits per heavy atom. The molecule has 8 heteroatoms. The average Bonchev–Trinajstić information content (AvgIpc) is 3.09. The number of H-pyrrole nitrogens is 2. The van der Waals surface area contributed by atoms with E-state index in [1.807, 2.05) is 0 Å². The van der Waals surface area contributed by atoms with E-state index >= 15 is 0 Å². The molecule has 0 aromatic carbocycles. The molecule has 104 valence electrons. The Balaban J connectivity index is 2.11. The van der Waals surface area contributed by atoms with Crippen LogP contribution in [0.5, 0.6) is 0 Å². The minimum absolute atomic E-state index is 0.163. The first-order chi connectivity index (χ1) is 10.1. The summed E-state index contributed by atoms with van der Waals surface area (Å²) in [6, 6.07) is 1.33. The van der Waals surface area contributed by atoms with E-state index in [1.54, 1.807) is 6.20 Å². The van der Waals surface area contributed by atoms with Crippen molar-refractivity contribution in [1.29, 1.82) is 0 Å². The van der Waals surface area contributed by atoms with Gasteiger partial charge in [0.05, 0.1) is 18.1 Å². The van der Waals surface area contributed by atoms with E-state index in [0.29, 0.717) is 27.7 Å². The van der Waals surface area contributed by atoms with Crippen molar-refractivity contribution in [2.24, 2.45) is 0 Å². The largest absolute Gasteiger partial charge is 0.381 e. The minimum atomic E-state index is -0.657. The van der Waals surface area contributed by atoms with Crippen LogP contribution in [0.2, 0.25) is 0 Å². The molecule has 0 spiro atoms. The molecule has 0 aliphatic carbocycles. The van der Waals surface area contributed by atoms with Crippen LogP contribution in [0.4, 0.5) is 14.6 Å². The molecule has 0 unspecified atom stereocenters. The number of nitrogens with one attached hydrogen (secondary N) is 2. The molecule has 6 nitrogen and oxygen atoms in total. The fraction of sp³-hybridized carbons (Fsp3) is 0. The first kappa shape index (κ1) is 11.8. The van der Waals surface area contributed by atoms with Gasteiger partial charge in [0.25, 0.3) is 0 Å². The van der Waals surface area contributed by atoms with Crippen LogP contribution in [0.15, 0.2) is 24.7 Å². The molecule has 0 aliphatic heterocycles. The number of nitrogens with two attached hydrogens (primary N) is 1. The van der Waals surface area contributed by atoms with Gasteiger partial charge in [-0.2, -0.15) is 5.10 Å². The minimum Gasteiger partial charge on any atom is -0.381 e. The average molecular weight is 286 g/mol. The van der Waals surface area contributed by atoms with Crippen LogP contribution < -0.4 is 5.73 Å². The zero-order valence-corrected chi connectivity index (χ0v) is 10.5. The Bertz CT molecular complexity index is 987. The van der Waals surface area contributed by atoms with Crippen molar-refractivity contribution in [3.63, 3.8) is 0 Å². The smallest absolute Gasteiger partial charge is 0.190 e. The Morgan fingerprint density at radius 1 is 1.14 bits per heavy atom. The van der Waals surface area contributed by atoms with Crippen molar-refractivity contribution < 1.29 is 8.78 Å². The first-order valence-corrected chi connectivity index (χ1v) is 6.06. The van der Waals surface area contributed by atoms with Gasteiger partial charge >= 0.3 is 0 Å². The highest BCUT2D eigenvalue weighted by Gasteiger charge is 2.18. The van der Waals surface area contributed by atoms with Crippen molar-refractivity contribution >= 4 is 27.8 Å². The van der Waals surface area contributed by atoms with Gasteiger partial charge in [-0.3, -0.25) is 5.10 Å². The summed E-state index contributed by atoms with van der Waals surface area (Å²) in [4.78, 5) is 10.9. The number of hydrogen-bond acceptors (Lipinski definition) is 4. The zero-order valence-electron chi connectivity index (χ0n) is 10.5. The molecule has 0 amide bonds. The lowest BCUT2D eigenvalue weighted by molar-refractivity contribution is 0.624. The number of halogens is 2. The molecule has 0 saturated carbocycles. The van der Waals surface area contributed by atoms with Crippen LogP contribution in [0, 0.1) is 11.6 Å². The SMILES string of the molecule is Nc1nc(-c2c[nH]c3ncc(F)cc23)c2cn[nH]c2c1F. The van der Waals surface area contributed by atoms with Gasteiger partial charge in [0.1, 0.15) is 17.0 Å². The lowest BCUT2D eigenvalue weighted by Gasteiger charge is -2.04. The molecular weight excluding hydrogens is 278 g/mol. The normalized spacial score (nSPS) is 11.5. The number of hydrogen-bond donors (Lipinski definition) is 3. The molecular formula is C13H8F2N6. The van der Waals surface area contributed by atoms with Gasteiger partial charge in [-0.1, -0.05) is 0 Å². The molecule has 21 heavy (non-hydrogen) atoms. The Morgan fingerprint density at radius 3 is 2.86 bits per heavy atom. The second-order valence-electron chi connectivity index (χ2n) is 4.57. The van der Waals surface area contributed by atoms with E-state index in [9.17, 15) is 8.78 Å². The van der Waals surface area contributed by atoms with Crippen LogP contribution >= 0.6 is 0 Å². The van der Waals surface area contributed by atoms with E-state index in [0.717, 1.165) is 6.20 Å². The number of nitrogen functional groups attached to an aromatic ring is 1. The molecule has 0 saturated heterocycles. The third-order valence-corrected chi connectivity index (χ3v) is 3.32. The molecule has 4 aromatic rings. The van der Waals surface area contributed by atoms with Crippen LogP contribution in [-0.4, -0.2) is 25.1 Å². The maximum atomic E-state index is 13.9. The maximum absolute atomic E-state index is 13.9. The van der Waals surface area contributed by atoms with E-state index in [1.165, 1.54) is 12.3 Å². The maximum Gasteiger partial charge on any atom is 0.190 e.